The number of hydrogen-bond donors (Lipinski definition) is 0. The minimum atomic E-state index is -3.91. The summed E-state index contributed by atoms with van der Waals surface area (Å²) in [5.41, 5.74) is 0.886. The predicted molar refractivity (Wildman–Crippen MR) is 116 cm³/mol. The zero-order chi connectivity index (χ0) is 22.6. The highest BCUT2D eigenvalue weighted by molar-refractivity contribution is 7.90. The predicted octanol–water partition coefficient (Wildman–Crippen LogP) is 3.01. The maximum absolute atomic E-state index is 13.1. The number of ether oxygens (including phenoxy) is 1. The van der Waals surface area contributed by atoms with Gasteiger partial charge in [-0.3, -0.25) is 0 Å². The van der Waals surface area contributed by atoms with Crippen LogP contribution in [0.3, 0.4) is 0 Å². The second-order valence-electron chi connectivity index (χ2n) is 7.37. The molecule has 0 saturated carbocycles. The maximum Gasteiger partial charge on any atom is 0.242 e. The van der Waals surface area contributed by atoms with Crippen LogP contribution >= 0.6 is 0 Å². The lowest BCUT2D eigenvalue weighted by molar-refractivity contribution is 0.339. The standard InChI is InChI=1S/C21H27FN2O5S2/c1-3-29-19-10-6-17(7-11-19)21-5-4-14-24(21)30(25,26)16-15-23(2)31(27,28)20-12-8-18(22)9-13-20/h6-13,21H,3-5,14-16H2,1-2H3. The van der Waals surface area contributed by atoms with Gasteiger partial charge in [0.05, 0.1) is 17.3 Å². The fourth-order valence-corrected chi connectivity index (χ4v) is 6.68. The Morgan fingerprint density at radius 1 is 1.06 bits per heavy atom. The molecule has 2 aromatic rings. The van der Waals surface area contributed by atoms with Gasteiger partial charge in [-0.1, -0.05) is 12.1 Å². The van der Waals surface area contributed by atoms with Crippen LogP contribution in [0.4, 0.5) is 4.39 Å². The van der Waals surface area contributed by atoms with Crippen molar-refractivity contribution < 1.29 is 26.0 Å². The van der Waals surface area contributed by atoms with Gasteiger partial charge in [-0.15, -0.1) is 0 Å². The number of halogens is 1. The number of benzene rings is 2. The molecule has 1 atom stereocenters. The van der Waals surface area contributed by atoms with Gasteiger partial charge in [0.15, 0.2) is 0 Å². The Bertz CT molecular complexity index is 1090. The van der Waals surface area contributed by atoms with E-state index in [4.69, 9.17) is 4.74 Å². The number of rotatable bonds is 9. The van der Waals surface area contributed by atoms with Crippen LogP contribution in [0.25, 0.3) is 0 Å². The molecule has 1 heterocycles. The van der Waals surface area contributed by atoms with E-state index in [0.29, 0.717) is 19.6 Å². The zero-order valence-electron chi connectivity index (χ0n) is 17.6. The molecule has 0 amide bonds. The van der Waals surface area contributed by atoms with E-state index in [-0.39, 0.29) is 23.2 Å². The first kappa shape index (κ1) is 23.6. The molecule has 0 aromatic heterocycles. The first-order chi connectivity index (χ1) is 14.6. The molecule has 0 N–H and O–H groups in total. The average Bonchev–Trinajstić information content (AvgIpc) is 3.24. The molecule has 0 radical (unpaired) electrons. The summed E-state index contributed by atoms with van der Waals surface area (Å²) in [4.78, 5) is -0.0813. The van der Waals surface area contributed by atoms with E-state index in [2.05, 4.69) is 0 Å². The molecular weight excluding hydrogens is 443 g/mol. The summed E-state index contributed by atoms with van der Waals surface area (Å²) in [6, 6.07) is 11.6. The molecule has 7 nitrogen and oxygen atoms in total. The van der Waals surface area contributed by atoms with E-state index in [1.54, 1.807) is 0 Å². The molecule has 0 bridgehead atoms. The molecule has 10 heteroatoms. The lowest BCUT2D eigenvalue weighted by Crippen LogP contribution is -2.38. The van der Waals surface area contributed by atoms with Gasteiger partial charge in [-0.25, -0.2) is 21.2 Å². The first-order valence-electron chi connectivity index (χ1n) is 10.1. The highest BCUT2D eigenvalue weighted by Gasteiger charge is 2.35. The summed E-state index contributed by atoms with van der Waals surface area (Å²) in [7, 11) is -6.27. The molecule has 31 heavy (non-hydrogen) atoms. The summed E-state index contributed by atoms with van der Waals surface area (Å²) < 4.78 is 72.3. The van der Waals surface area contributed by atoms with Crippen molar-refractivity contribution in [1.82, 2.24) is 8.61 Å². The topological polar surface area (TPSA) is 84.0 Å². The molecule has 1 fully saturated rings. The van der Waals surface area contributed by atoms with Gasteiger partial charge in [0.1, 0.15) is 11.6 Å². The largest absolute Gasteiger partial charge is 0.494 e. The molecular formula is C21H27FN2O5S2. The third-order valence-electron chi connectivity index (χ3n) is 5.32. The Morgan fingerprint density at radius 3 is 2.32 bits per heavy atom. The second kappa shape index (κ2) is 9.64. The van der Waals surface area contributed by atoms with E-state index in [9.17, 15) is 21.2 Å². The average molecular weight is 471 g/mol. The molecule has 1 saturated heterocycles. The van der Waals surface area contributed by atoms with E-state index in [0.717, 1.165) is 46.3 Å². The molecule has 1 aliphatic rings. The molecule has 1 unspecified atom stereocenters. The van der Waals surface area contributed by atoms with Crippen LogP contribution in [0, 0.1) is 5.82 Å². The number of sulfonamides is 2. The maximum atomic E-state index is 13.1. The van der Waals surface area contributed by atoms with Crippen molar-refractivity contribution in [2.75, 3.05) is 32.5 Å². The third kappa shape index (κ3) is 5.43. The van der Waals surface area contributed by atoms with Crippen molar-refractivity contribution in [3.63, 3.8) is 0 Å². The van der Waals surface area contributed by atoms with E-state index < -0.39 is 25.9 Å². The second-order valence-corrected chi connectivity index (χ2v) is 11.5. The van der Waals surface area contributed by atoms with Crippen molar-refractivity contribution in [3.05, 3.63) is 59.9 Å². The Morgan fingerprint density at radius 2 is 1.71 bits per heavy atom. The first-order valence-corrected chi connectivity index (χ1v) is 13.1. The van der Waals surface area contributed by atoms with Crippen LogP contribution in [-0.2, 0) is 20.0 Å². The van der Waals surface area contributed by atoms with Crippen LogP contribution in [0.2, 0.25) is 0 Å². The van der Waals surface area contributed by atoms with Crippen LogP contribution in [-0.4, -0.2) is 57.9 Å². The third-order valence-corrected chi connectivity index (χ3v) is 9.04. The van der Waals surface area contributed by atoms with Crippen molar-refractivity contribution in [3.8, 4) is 5.75 Å². The van der Waals surface area contributed by atoms with Crippen molar-refractivity contribution >= 4 is 20.0 Å². The summed E-state index contributed by atoms with van der Waals surface area (Å²) in [6.07, 6.45) is 1.44. The van der Waals surface area contributed by atoms with Crippen LogP contribution in [0.15, 0.2) is 53.4 Å². The van der Waals surface area contributed by atoms with Crippen LogP contribution in [0.5, 0.6) is 5.75 Å². The highest BCUT2D eigenvalue weighted by atomic mass is 32.2. The van der Waals surface area contributed by atoms with Gasteiger partial charge in [0.2, 0.25) is 20.0 Å². The van der Waals surface area contributed by atoms with Crippen molar-refractivity contribution in [2.45, 2.75) is 30.7 Å². The quantitative estimate of drug-likeness (QED) is 0.563. The van der Waals surface area contributed by atoms with Crippen molar-refractivity contribution in [2.24, 2.45) is 0 Å². The Balaban J connectivity index is 1.70. The van der Waals surface area contributed by atoms with Crippen molar-refractivity contribution in [1.29, 1.82) is 0 Å². The van der Waals surface area contributed by atoms with Crippen LogP contribution < -0.4 is 4.74 Å². The number of hydrogen-bond acceptors (Lipinski definition) is 5. The summed E-state index contributed by atoms with van der Waals surface area (Å²) in [5, 5.41) is 0. The van der Waals surface area contributed by atoms with Gasteiger partial charge in [-0.2, -0.15) is 8.61 Å². The Hall–Kier alpha value is -2.01. The lowest BCUT2D eigenvalue weighted by atomic mass is 10.1. The van der Waals surface area contributed by atoms with Crippen LogP contribution in [0.1, 0.15) is 31.4 Å². The zero-order valence-corrected chi connectivity index (χ0v) is 19.2. The van der Waals surface area contributed by atoms with E-state index in [1.165, 1.54) is 11.4 Å². The monoisotopic (exact) mass is 470 g/mol. The molecule has 2 aromatic carbocycles. The lowest BCUT2D eigenvalue weighted by Gasteiger charge is -2.26. The van der Waals surface area contributed by atoms with Gasteiger partial charge < -0.3 is 4.74 Å². The van der Waals surface area contributed by atoms with Gasteiger partial charge in [0, 0.05) is 26.2 Å². The molecule has 0 aliphatic carbocycles. The Kier molecular flexibility index (Phi) is 7.35. The molecule has 3 rings (SSSR count). The van der Waals surface area contributed by atoms with Gasteiger partial charge >= 0.3 is 0 Å². The van der Waals surface area contributed by atoms with E-state index in [1.807, 2.05) is 31.2 Å². The SMILES string of the molecule is CCOc1ccc(C2CCCN2S(=O)(=O)CCN(C)S(=O)(=O)c2ccc(F)cc2)cc1. The molecule has 170 valence electrons. The molecule has 1 aliphatic heterocycles. The van der Waals surface area contributed by atoms with Gasteiger partial charge in [0.25, 0.3) is 0 Å². The Labute approximate surface area is 183 Å². The summed E-state index contributed by atoms with van der Waals surface area (Å²) in [5.74, 6) is -0.151. The normalized spacial score (nSPS) is 17.9. The minimum absolute atomic E-state index is 0.0813. The summed E-state index contributed by atoms with van der Waals surface area (Å²) in [6.45, 7) is 2.65. The van der Waals surface area contributed by atoms with E-state index >= 15 is 0 Å². The number of nitrogens with zero attached hydrogens (tertiary/aromatic N) is 2. The summed E-state index contributed by atoms with van der Waals surface area (Å²) >= 11 is 0. The molecule has 0 spiro atoms. The smallest absolute Gasteiger partial charge is 0.242 e. The fraction of sp³-hybridized carbons (Fsp3) is 0.429. The van der Waals surface area contributed by atoms with Gasteiger partial charge in [-0.05, 0) is 61.7 Å². The highest BCUT2D eigenvalue weighted by Crippen LogP contribution is 2.35. The minimum Gasteiger partial charge on any atom is -0.494 e. The fourth-order valence-electron chi connectivity index (χ4n) is 3.63.